The van der Waals surface area contributed by atoms with E-state index in [1.807, 2.05) is 0 Å². The largest absolute Gasteiger partial charge is 0.489 e. The van der Waals surface area contributed by atoms with Crippen LogP contribution in [0.1, 0.15) is 24.8 Å². The second-order valence-corrected chi connectivity index (χ2v) is 7.42. The summed E-state index contributed by atoms with van der Waals surface area (Å²) >= 11 is 0. The monoisotopic (exact) mass is 413 g/mol. The minimum atomic E-state index is -1.000. The van der Waals surface area contributed by atoms with Gasteiger partial charge in [0.1, 0.15) is 12.1 Å². The number of hydrazine groups is 1. The molecule has 7 nitrogen and oxygen atoms in total. The minimum Gasteiger partial charge on any atom is -0.489 e. The molecule has 2 fully saturated rings. The molecule has 0 spiro atoms. The first-order valence-electron chi connectivity index (χ1n) is 9.93. The molecule has 1 aromatic rings. The van der Waals surface area contributed by atoms with Crippen LogP contribution in [-0.2, 0) is 20.8 Å². The van der Waals surface area contributed by atoms with Gasteiger partial charge < -0.3 is 14.2 Å². The number of carbonyl (C=O) groups is 1. The Balaban J connectivity index is 1.54. The molecule has 1 saturated carbocycles. The highest BCUT2D eigenvalue weighted by molar-refractivity contribution is 5.81. The number of methoxy groups -OCH3 is 1. The molecule has 1 heterocycles. The van der Waals surface area contributed by atoms with E-state index < -0.39 is 17.2 Å². The fourth-order valence-electron chi connectivity index (χ4n) is 3.66. The lowest BCUT2D eigenvalue weighted by atomic mass is 9.76. The molecule has 1 aliphatic heterocycles. The van der Waals surface area contributed by atoms with E-state index >= 15 is 0 Å². The van der Waals surface area contributed by atoms with Gasteiger partial charge in [0.2, 0.25) is 5.82 Å². The van der Waals surface area contributed by atoms with E-state index in [9.17, 15) is 13.6 Å². The molecule has 1 aliphatic carbocycles. The lowest BCUT2D eigenvalue weighted by Gasteiger charge is -2.45. The van der Waals surface area contributed by atoms with Crippen LogP contribution in [-0.4, -0.2) is 75.0 Å². The zero-order chi connectivity index (χ0) is 20.9. The van der Waals surface area contributed by atoms with E-state index in [-0.39, 0.29) is 30.4 Å². The third kappa shape index (κ3) is 4.85. The van der Waals surface area contributed by atoms with Crippen molar-refractivity contribution in [3.63, 3.8) is 0 Å². The van der Waals surface area contributed by atoms with Crippen molar-refractivity contribution in [1.82, 2.24) is 15.3 Å². The molecule has 3 rings (SSSR count). The van der Waals surface area contributed by atoms with Crippen LogP contribution in [0.4, 0.5) is 8.78 Å². The van der Waals surface area contributed by atoms with Gasteiger partial charge in [0.15, 0.2) is 11.6 Å². The summed E-state index contributed by atoms with van der Waals surface area (Å²) in [5, 5.41) is 1.65. The van der Waals surface area contributed by atoms with Crippen LogP contribution in [0, 0.1) is 11.6 Å². The molecule has 0 aromatic heterocycles. The van der Waals surface area contributed by atoms with Gasteiger partial charge in [0.05, 0.1) is 20.3 Å². The maximum atomic E-state index is 14.5. The number of carbonyl (C=O) groups excluding carboxylic acids is 1. The van der Waals surface area contributed by atoms with Crippen LogP contribution < -0.4 is 10.2 Å². The van der Waals surface area contributed by atoms with Gasteiger partial charge in [-0.05, 0) is 25.3 Å². The Labute approximate surface area is 169 Å². The maximum Gasteiger partial charge on any atom is 0.327 e. The summed E-state index contributed by atoms with van der Waals surface area (Å²) in [5.74, 6) is -2.37. The molecule has 0 unspecified atom stereocenters. The minimum absolute atomic E-state index is 0.0477. The Bertz CT molecular complexity index is 709. The summed E-state index contributed by atoms with van der Waals surface area (Å²) in [5.41, 5.74) is 2.41. The van der Waals surface area contributed by atoms with Crippen molar-refractivity contribution in [1.29, 1.82) is 0 Å². The van der Waals surface area contributed by atoms with Crippen molar-refractivity contribution in [2.24, 2.45) is 0 Å². The van der Waals surface area contributed by atoms with E-state index in [4.69, 9.17) is 14.2 Å². The fourth-order valence-corrected chi connectivity index (χ4v) is 3.66. The number of halogens is 2. The van der Waals surface area contributed by atoms with E-state index in [2.05, 4.69) is 10.3 Å². The third-order valence-corrected chi connectivity index (χ3v) is 5.79. The maximum absolute atomic E-state index is 14.5. The average molecular weight is 413 g/mol. The van der Waals surface area contributed by atoms with Crippen LogP contribution in [0.5, 0.6) is 5.75 Å². The molecular formula is C20H29F2N3O4. The van der Waals surface area contributed by atoms with Crippen molar-refractivity contribution in [3.8, 4) is 5.75 Å². The summed E-state index contributed by atoms with van der Waals surface area (Å²) < 4.78 is 44.5. The normalized spacial score (nSPS) is 19.1. The van der Waals surface area contributed by atoms with Crippen molar-refractivity contribution in [2.75, 3.05) is 53.6 Å². The number of esters is 1. The summed E-state index contributed by atoms with van der Waals surface area (Å²) in [7, 11) is 3.07. The SMILES string of the molecule is COC(=O)C1(N(C)NCc2ccc(OCCN3CCOCC3)c(F)c2F)CCC1. The van der Waals surface area contributed by atoms with Gasteiger partial charge in [-0.15, -0.1) is 0 Å². The highest BCUT2D eigenvalue weighted by Gasteiger charge is 2.49. The second-order valence-electron chi connectivity index (χ2n) is 7.42. The van der Waals surface area contributed by atoms with Crippen LogP contribution in [0.2, 0.25) is 0 Å². The molecule has 0 atom stereocenters. The molecule has 1 N–H and O–H groups in total. The van der Waals surface area contributed by atoms with Crippen LogP contribution in [0.15, 0.2) is 12.1 Å². The summed E-state index contributed by atoms with van der Waals surface area (Å²) in [4.78, 5) is 14.2. The van der Waals surface area contributed by atoms with Crippen molar-refractivity contribution < 1.29 is 27.8 Å². The van der Waals surface area contributed by atoms with E-state index in [1.165, 1.54) is 19.2 Å². The molecule has 0 amide bonds. The number of nitrogens with one attached hydrogen (secondary N) is 1. The number of benzene rings is 1. The number of nitrogens with zero attached hydrogens (tertiary/aromatic N) is 2. The summed E-state index contributed by atoms with van der Waals surface area (Å²) in [6.45, 7) is 3.93. The first kappa shape index (κ1) is 21.9. The topological polar surface area (TPSA) is 63.3 Å². The molecule has 2 aliphatic rings. The van der Waals surface area contributed by atoms with E-state index in [0.717, 1.165) is 19.5 Å². The summed E-state index contributed by atoms with van der Waals surface area (Å²) in [6.07, 6.45) is 2.24. The highest BCUT2D eigenvalue weighted by Crippen LogP contribution is 2.37. The standard InChI is InChI=1S/C20H29F2N3O4/c1-24(20(6-3-7-20)19(26)27-2)23-14-15-4-5-16(18(22)17(15)21)29-13-10-25-8-11-28-12-9-25/h4-5,23H,3,6-14H2,1-2H3. The predicted molar refractivity (Wildman–Crippen MR) is 102 cm³/mol. The van der Waals surface area contributed by atoms with Gasteiger partial charge in [-0.2, -0.15) is 4.39 Å². The second kappa shape index (κ2) is 9.80. The Morgan fingerprint density at radius 2 is 2.00 bits per heavy atom. The molecule has 9 heteroatoms. The molecular weight excluding hydrogens is 384 g/mol. The van der Waals surface area contributed by atoms with Gasteiger partial charge in [-0.3, -0.25) is 4.90 Å². The zero-order valence-electron chi connectivity index (χ0n) is 17.0. The quantitative estimate of drug-likeness (QED) is 0.488. The van der Waals surface area contributed by atoms with Crippen LogP contribution in [0.3, 0.4) is 0 Å². The van der Waals surface area contributed by atoms with E-state index in [1.54, 1.807) is 12.1 Å². The molecule has 0 bridgehead atoms. The lowest BCUT2D eigenvalue weighted by molar-refractivity contribution is -0.164. The number of hydrogen-bond acceptors (Lipinski definition) is 7. The van der Waals surface area contributed by atoms with Crippen molar-refractivity contribution >= 4 is 5.97 Å². The number of likely N-dealkylation sites (N-methyl/N-ethyl adjacent to an activating group) is 1. The van der Waals surface area contributed by atoms with Gasteiger partial charge in [0.25, 0.3) is 0 Å². The Morgan fingerprint density at radius 1 is 1.28 bits per heavy atom. The first-order valence-corrected chi connectivity index (χ1v) is 9.93. The Hall–Kier alpha value is -1.81. The van der Waals surface area contributed by atoms with Crippen molar-refractivity contribution in [2.45, 2.75) is 31.3 Å². The number of ether oxygens (including phenoxy) is 3. The molecule has 1 saturated heterocycles. The average Bonchev–Trinajstić information content (AvgIpc) is 2.70. The first-order chi connectivity index (χ1) is 14.0. The van der Waals surface area contributed by atoms with E-state index in [0.29, 0.717) is 32.6 Å². The molecule has 0 radical (unpaired) electrons. The summed E-state index contributed by atoms with van der Waals surface area (Å²) in [6, 6.07) is 2.93. The molecule has 29 heavy (non-hydrogen) atoms. The number of morpholine rings is 1. The van der Waals surface area contributed by atoms with Gasteiger partial charge in [-0.25, -0.2) is 19.6 Å². The van der Waals surface area contributed by atoms with Crippen molar-refractivity contribution in [3.05, 3.63) is 29.3 Å². The van der Waals surface area contributed by atoms with Crippen LogP contribution in [0.25, 0.3) is 0 Å². The van der Waals surface area contributed by atoms with Gasteiger partial charge >= 0.3 is 5.97 Å². The van der Waals surface area contributed by atoms with Gasteiger partial charge in [-0.1, -0.05) is 6.07 Å². The molecule has 1 aromatic carbocycles. The number of hydrogen-bond donors (Lipinski definition) is 1. The Morgan fingerprint density at radius 3 is 2.62 bits per heavy atom. The van der Waals surface area contributed by atoms with Gasteiger partial charge in [0, 0.05) is 38.8 Å². The fraction of sp³-hybridized carbons (Fsp3) is 0.650. The highest BCUT2D eigenvalue weighted by atomic mass is 19.2. The smallest absolute Gasteiger partial charge is 0.327 e. The Kier molecular flexibility index (Phi) is 7.39. The number of rotatable bonds is 9. The zero-order valence-corrected chi connectivity index (χ0v) is 17.0. The molecule has 162 valence electrons. The predicted octanol–water partition coefficient (Wildman–Crippen LogP) is 1.71. The third-order valence-electron chi connectivity index (χ3n) is 5.79. The lowest BCUT2D eigenvalue weighted by Crippen LogP contribution is -2.62. The van der Waals surface area contributed by atoms with Crippen LogP contribution >= 0.6 is 0 Å².